The molecular formula is C12H20O8. The van der Waals surface area contributed by atoms with Crippen LogP contribution in [0, 0.1) is 0 Å². The van der Waals surface area contributed by atoms with Crippen LogP contribution in [0.15, 0.2) is 0 Å². The van der Waals surface area contributed by atoms with Gasteiger partial charge < -0.3 is 29.9 Å². The molecule has 4 atom stereocenters. The summed E-state index contributed by atoms with van der Waals surface area (Å²) in [6.07, 6.45) is -0.487. The lowest BCUT2D eigenvalue weighted by Crippen LogP contribution is -2.34. The van der Waals surface area contributed by atoms with Crippen molar-refractivity contribution in [1.29, 1.82) is 0 Å². The second-order valence-electron chi connectivity index (χ2n) is 4.78. The molecule has 2 heterocycles. The second kappa shape index (κ2) is 8.15. The van der Waals surface area contributed by atoms with Gasteiger partial charge in [0, 0.05) is 0 Å². The van der Waals surface area contributed by atoms with E-state index in [2.05, 4.69) is 0 Å². The van der Waals surface area contributed by atoms with Gasteiger partial charge in [-0.05, 0) is 25.7 Å². The van der Waals surface area contributed by atoms with Gasteiger partial charge >= 0.3 is 11.9 Å². The topological polar surface area (TPSA) is 134 Å². The molecule has 0 unspecified atom stereocenters. The van der Waals surface area contributed by atoms with Gasteiger partial charge in [0.2, 0.25) is 0 Å². The molecule has 4 N–H and O–H groups in total. The molecule has 0 aromatic carbocycles. The lowest BCUT2D eigenvalue weighted by Gasteiger charge is -2.22. The number of aliphatic hydroxyl groups is 2. The van der Waals surface area contributed by atoms with E-state index in [4.69, 9.17) is 29.9 Å². The minimum absolute atomic E-state index is 0.150. The maximum atomic E-state index is 10.3. The SMILES string of the molecule is O=C(O)[C@@H]1CC[C@@H](O)CO1.O=C(O)[C@H]1CC[C@H](O)CO1. The number of rotatable bonds is 2. The van der Waals surface area contributed by atoms with Crippen LogP contribution >= 0.6 is 0 Å². The van der Waals surface area contributed by atoms with E-state index in [0.29, 0.717) is 25.7 Å². The molecule has 2 aliphatic heterocycles. The Morgan fingerprint density at radius 2 is 1.10 bits per heavy atom. The third kappa shape index (κ3) is 5.83. The normalized spacial score (nSPS) is 33.7. The zero-order valence-corrected chi connectivity index (χ0v) is 11.0. The van der Waals surface area contributed by atoms with Gasteiger partial charge in [-0.25, -0.2) is 9.59 Å². The number of aliphatic hydroxyl groups excluding tert-OH is 2. The minimum Gasteiger partial charge on any atom is -0.479 e. The number of ether oxygens (including phenoxy) is 2. The number of aliphatic carboxylic acids is 2. The fourth-order valence-corrected chi connectivity index (χ4v) is 1.86. The number of carbonyl (C=O) groups is 2. The Bertz CT molecular complexity index is 283. The third-order valence-corrected chi connectivity index (χ3v) is 3.05. The van der Waals surface area contributed by atoms with Crippen molar-refractivity contribution in [3.05, 3.63) is 0 Å². The molecule has 2 saturated heterocycles. The van der Waals surface area contributed by atoms with Crippen molar-refractivity contribution in [1.82, 2.24) is 0 Å². The summed E-state index contributed by atoms with van der Waals surface area (Å²) in [5.74, 6) is -1.88. The van der Waals surface area contributed by atoms with Crippen molar-refractivity contribution in [3.8, 4) is 0 Å². The molecule has 0 saturated carbocycles. The first-order valence-corrected chi connectivity index (χ1v) is 6.45. The van der Waals surface area contributed by atoms with Gasteiger partial charge in [-0.15, -0.1) is 0 Å². The summed E-state index contributed by atoms with van der Waals surface area (Å²) in [5, 5.41) is 34.6. The second-order valence-corrected chi connectivity index (χ2v) is 4.78. The fourth-order valence-electron chi connectivity index (χ4n) is 1.86. The molecule has 2 aliphatic rings. The molecule has 8 nitrogen and oxygen atoms in total. The van der Waals surface area contributed by atoms with Crippen LogP contribution in [0.4, 0.5) is 0 Å². The van der Waals surface area contributed by atoms with E-state index in [1.807, 2.05) is 0 Å². The van der Waals surface area contributed by atoms with Gasteiger partial charge in [0.1, 0.15) is 0 Å². The Morgan fingerprint density at radius 3 is 1.30 bits per heavy atom. The maximum absolute atomic E-state index is 10.3. The first kappa shape index (κ1) is 16.8. The number of hydrogen-bond acceptors (Lipinski definition) is 6. The molecule has 0 amide bonds. The zero-order valence-electron chi connectivity index (χ0n) is 11.0. The van der Waals surface area contributed by atoms with Crippen LogP contribution in [0.5, 0.6) is 0 Å². The smallest absolute Gasteiger partial charge is 0.332 e. The summed E-state index contributed by atoms with van der Waals surface area (Å²) in [5.41, 5.74) is 0. The first-order valence-electron chi connectivity index (χ1n) is 6.45. The molecule has 8 heteroatoms. The van der Waals surface area contributed by atoms with E-state index in [0.717, 1.165) is 0 Å². The molecular weight excluding hydrogens is 272 g/mol. The van der Waals surface area contributed by atoms with Crippen molar-refractivity contribution in [2.24, 2.45) is 0 Å². The van der Waals surface area contributed by atoms with Crippen LogP contribution in [0.2, 0.25) is 0 Å². The van der Waals surface area contributed by atoms with E-state index in [1.165, 1.54) is 0 Å². The maximum Gasteiger partial charge on any atom is 0.332 e. The van der Waals surface area contributed by atoms with Gasteiger partial charge in [-0.3, -0.25) is 0 Å². The lowest BCUT2D eigenvalue weighted by atomic mass is 10.1. The van der Waals surface area contributed by atoms with Crippen molar-refractivity contribution >= 4 is 11.9 Å². The largest absolute Gasteiger partial charge is 0.479 e. The Hall–Kier alpha value is -1.22. The van der Waals surface area contributed by atoms with Gasteiger partial charge in [0.05, 0.1) is 25.4 Å². The van der Waals surface area contributed by atoms with E-state index in [-0.39, 0.29) is 13.2 Å². The molecule has 2 rings (SSSR count). The van der Waals surface area contributed by atoms with E-state index < -0.39 is 36.4 Å². The van der Waals surface area contributed by atoms with E-state index in [1.54, 1.807) is 0 Å². The fraction of sp³-hybridized carbons (Fsp3) is 0.833. The molecule has 116 valence electrons. The monoisotopic (exact) mass is 292 g/mol. The highest BCUT2D eigenvalue weighted by atomic mass is 16.5. The summed E-state index contributed by atoms with van der Waals surface area (Å²) in [6.45, 7) is 0.300. The lowest BCUT2D eigenvalue weighted by molar-refractivity contribution is -0.158. The van der Waals surface area contributed by atoms with Crippen LogP contribution in [0.25, 0.3) is 0 Å². The van der Waals surface area contributed by atoms with Crippen LogP contribution in [0.1, 0.15) is 25.7 Å². The average Bonchev–Trinajstić information content (AvgIpc) is 2.40. The van der Waals surface area contributed by atoms with Crippen LogP contribution < -0.4 is 0 Å². The molecule has 0 aliphatic carbocycles. The Labute approximate surface area is 115 Å². The van der Waals surface area contributed by atoms with Crippen molar-refractivity contribution in [2.45, 2.75) is 50.1 Å². The summed E-state index contributed by atoms with van der Waals surface area (Å²) in [6, 6.07) is 0. The molecule has 0 aromatic rings. The molecule has 2 fully saturated rings. The number of carboxylic acids is 2. The first-order chi connectivity index (χ1) is 9.40. The summed E-state index contributed by atoms with van der Waals surface area (Å²) < 4.78 is 9.60. The predicted octanol–water partition coefficient (Wildman–Crippen LogP) is -0.778. The molecule has 0 bridgehead atoms. The number of carboxylic acid groups (broad SMARTS) is 2. The molecule has 0 spiro atoms. The molecule has 0 aromatic heterocycles. The Balaban J connectivity index is 0.000000200. The van der Waals surface area contributed by atoms with Crippen molar-refractivity contribution in [3.63, 3.8) is 0 Å². The van der Waals surface area contributed by atoms with Gasteiger partial charge in [-0.2, -0.15) is 0 Å². The molecule has 20 heavy (non-hydrogen) atoms. The number of hydrogen-bond donors (Lipinski definition) is 4. The van der Waals surface area contributed by atoms with Crippen molar-refractivity contribution < 1.29 is 39.5 Å². The van der Waals surface area contributed by atoms with Gasteiger partial charge in [0.15, 0.2) is 12.2 Å². The van der Waals surface area contributed by atoms with Crippen LogP contribution in [-0.4, -0.2) is 70.0 Å². The summed E-state index contributed by atoms with van der Waals surface area (Å²) in [7, 11) is 0. The van der Waals surface area contributed by atoms with Crippen LogP contribution in [-0.2, 0) is 19.1 Å². The quantitative estimate of drug-likeness (QED) is 0.521. The summed E-state index contributed by atoms with van der Waals surface area (Å²) >= 11 is 0. The Kier molecular flexibility index (Phi) is 6.86. The van der Waals surface area contributed by atoms with E-state index in [9.17, 15) is 9.59 Å². The zero-order chi connectivity index (χ0) is 15.1. The van der Waals surface area contributed by atoms with Gasteiger partial charge in [0.25, 0.3) is 0 Å². The van der Waals surface area contributed by atoms with Crippen LogP contribution in [0.3, 0.4) is 0 Å². The average molecular weight is 292 g/mol. The molecule has 0 radical (unpaired) electrons. The highest BCUT2D eigenvalue weighted by molar-refractivity contribution is 5.72. The standard InChI is InChI=1S/2C6H10O4/c2*7-4-1-2-5(6(8)9)10-3-4/h2*4-5,7H,1-3H2,(H,8,9)/t2*4-,5+/m10/s1. The highest BCUT2D eigenvalue weighted by Gasteiger charge is 2.25. The predicted molar refractivity (Wildman–Crippen MR) is 65.2 cm³/mol. The van der Waals surface area contributed by atoms with E-state index >= 15 is 0 Å². The highest BCUT2D eigenvalue weighted by Crippen LogP contribution is 2.13. The summed E-state index contributed by atoms with van der Waals surface area (Å²) in [4.78, 5) is 20.5. The minimum atomic E-state index is -0.938. The van der Waals surface area contributed by atoms with Gasteiger partial charge in [-0.1, -0.05) is 0 Å². The third-order valence-electron chi connectivity index (χ3n) is 3.05. The Morgan fingerprint density at radius 1 is 0.750 bits per heavy atom. The van der Waals surface area contributed by atoms with Crippen molar-refractivity contribution in [2.75, 3.05) is 13.2 Å².